The van der Waals surface area contributed by atoms with Gasteiger partial charge in [0.25, 0.3) is 0 Å². The number of nitrogens with two attached hydrogens (primary N) is 1. The topological polar surface area (TPSA) is 63.3 Å². The van der Waals surface area contributed by atoms with Gasteiger partial charge < -0.3 is 10.8 Å². The summed E-state index contributed by atoms with van der Waals surface area (Å²) in [6.07, 6.45) is 0. The van der Waals surface area contributed by atoms with E-state index in [9.17, 15) is 4.79 Å². The number of hydrogen-bond acceptors (Lipinski definition) is 3. The van der Waals surface area contributed by atoms with E-state index in [0.29, 0.717) is 5.69 Å². The maximum Gasteiger partial charge on any atom is 0.348 e. The normalized spacial score (nSPS) is 10.3. The summed E-state index contributed by atoms with van der Waals surface area (Å²) >= 11 is 1.16. The van der Waals surface area contributed by atoms with Crippen LogP contribution in [0.3, 0.4) is 0 Å². The number of anilines is 1. The van der Waals surface area contributed by atoms with E-state index in [0.717, 1.165) is 28.0 Å². The maximum absolute atomic E-state index is 10.9. The summed E-state index contributed by atoms with van der Waals surface area (Å²) < 4.78 is 0. The van der Waals surface area contributed by atoms with E-state index in [1.165, 1.54) is 0 Å². The molecule has 1 aromatic carbocycles. The van der Waals surface area contributed by atoms with Crippen LogP contribution in [-0.4, -0.2) is 11.1 Å². The first-order chi connectivity index (χ1) is 7.59. The second-order valence-corrected chi connectivity index (χ2v) is 4.45. The zero-order valence-electron chi connectivity index (χ0n) is 8.73. The van der Waals surface area contributed by atoms with Gasteiger partial charge in [-0.2, -0.15) is 0 Å². The van der Waals surface area contributed by atoms with Gasteiger partial charge in [-0.1, -0.05) is 29.8 Å². The molecule has 3 N–H and O–H groups in total. The van der Waals surface area contributed by atoms with E-state index >= 15 is 0 Å². The number of benzene rings is 1. The molecule has 0 saturated heterocycles. The number of carbonyl (C=O) groups is 1. The summed E-state index contributed by atoms with van der Waals surface area (Å²) in [6, 6.07) is 7.84. The Morgan fingerprint density at radius 1 is 1.44 bits per heavy atom. The van der Waals surface area contributed by atoms with Gasteiger partial charge in [0, 0.05) is 10.9 Å². The second kappa shape index (κ2) is 3.98. The molecule has 0 aliphatic carbocycles. The second-order valence-electron chi connectivity index (χ2n) is 3.57. The van der Waals surface area contributed by atoms with Crippen LogP contribution >= 0.6 is 11.3 Å². The molecule has 0 radical (unpaired) electrons. The lowest BCUT2D eigenvalue weighted by molar-refractivity contribution is 0.0703. The van der Waals surface area contributed by atoms with Gasteiger partial charge in [0.05, 0.1) is 5.69 Å². The van der Waals surface area contributed by atoms with Crippen LogP contribution in [-0.2, 0) is 0 Å². The molecule has 1 heterocycles. The van der Waals surface area contributed by atoms with Gasteiger partial charge in [0.15, 0.2) is 0 Å². The third-order valence-corrected chi connectivity index (χ3v) is 3.34. The van der Waals surface area contributed by atoms with Crippen LogP contribution < -0.4 is 5.73 Å². The number of nitrogen functional groups attached to an aromatic ring is 1. The fraction of sp³-hybridized carbons (Fsp3) is 0.0833. The smallest absolute Gasteiger partial charge is 0.348 e. The Bertz CT molecular complexity index is 546. The van der Waals surface area contributed by atoms with Crippen molar-refractivity contribution >= 4 is 23.0 Å². The molecule has 0 fully saturated rings. The van der Waals surface area contributed by atoms with Crippen LogP contribution in [0.1, 0.15) is 15.2 Å². The molecule has 3 nitrogen and oxygen atoms in total. The number of carboxylic acid groups (broad SMARTS) is 1. The lowest BCUT2D eigenvalue weighted by Crippen LogP contribution is -1.98. The van der Waals surface area contributed by atoms with Gasteiger partial charge in [0.1, 0.15) is 4.88 Å². The van der Waals surface area contributed by atoms with Crippen molar-refractivity contribution in [2.45, 2.75) is 6.92 Å². The highest BCUT2D eigenvalue weighted by Crippen LogP contribution is 2.34. The molecule has 0 aliphatic heterocycles. The van der Waals surface area contributed by atoms with Gasteiger partial charge in [0.2, 0.25) is 0 Å². The number of hydrogen-bond donors (Lipinski definition) is 2. The van der Waals surface area contributed by atoms with E-state index in [-0.39, 0.29) is 4.88 Å². The number of aryl methyl sites for hydroxylation is 1. The molecule has 0 aliphatic rings. The Hall–Kier alpha value is -1.81. The summed E-state index contributed by atoms with van der Waals surface area (Å²) in [5, 5.41) is 10.7. The van der Waals surface area contributed by atoms with E-state index in [4.69, 9.17) is 10.8 Å². The summed E-state index contributed by atoms with van der Waals surface area (Å²) in [6.45, 7) is 1.99. The number of rotatable bonds is 2. The van der Waals surface area contributed by atoms with Crippen molar-refractivity contribution in [2.75, 3.05) is 5.73 Å². The van der Waals surface area contributed by atoms with Gasteiger partial charge in [-0.05, 0) is 12.5 Å². The number of aromatic carboxylic acids is 1. The van der Waals surface area contributed by atoms with E-state index < -0.39 is 5.97 Å². The van der Waals surface area contributed by atoms with Crippen molar-refractivity contribution in [1.82, 2.24) is 0 Å². The first-order valence-corrected chi connectivity index (χ1v) is 5.65. The highest BCUT2D eigenvalue weighted by Gasteiger charge is 2.15. The molecule has 82 valence electrons. The Balaban J connectivity index is 2.53. The minimum absolute atomic E-state index is 0.205. The van der Waals surface area contributed by atoms with Crippen LogP contribution in [0.4, 0.5) is 5.69 Å². The van der Waals surface area contributed by atoms with Crippen molar-refractivity contribution in [3.8, 4) is 11.1 Å². The fourth-order valence-electron chi connectivity index (χ4n) is 1.57. The Labute approximate surface area is 97.2 Å². The minimum atomic E-state index is -0.971. The molecular weight excluding hydrogens is 222 g/mol. The Kier molecular flexibility index (Phi) is 2.66. The standard InChI is InChI=1S/C12H11NO2S/c1-7-3-2-4-8(5-7)9-6-16-11(10(9)13)12(14)15/h2-6H,13H2,1H3,(H,14,15). The Morgan fingerprint density at radius 2 is 2.19 bits per heavy atom. The predicted octanol–water partition coefficient (Wildman–Crippen LogP) is 3.00. The van der Waals surface area contributed by atoms with Crippen molar-refractivity contribution in [3.63, 3.8) is 0 Å². The molecule has 0 bridgehead atoms. The molecule has 0 unspecified atom stereocenters. The van der Waals surface area contributed by atoms with Crippen LogP contribution in [0.25, 0.3) is 11.1 Å². The molecule has 0 spiro atoms. The fourth-order valence-corrected chi connectivity index (χ4v) is 2.41. The molecule has 4 heteroatoms. The highest BCUT2D eigenvalue weighted by atomic mass is 32.1. The van der Waals surface area contributed by atoms with Gasteiger partial charge in [-0.3, -0.25) is 0 Å². The Morgan fingerprint density at radius 3 is 2.75 bits per heavy atom. The zero-order chi connectivity index (χ0) is 11.7. The van der Waals surface area contributed by atoms with Crippen molar-refractivity contribution in [1.29, 1.82) is 0 Å². The maximum atomic E-state index is 10.9. The predicted molar refractivity (Wildman–Crippen MR) is 65.9 cm³/mol. The summed E-state index contributed by atoms with van der Waals surface area (Å²) in [7, 11) is 0. The molecular formula is C12H11NO2S. The number of carboxylic acids is 1. The first-order valence-electron chi connectivity index (χ1n) is 4.77. The molecule has 0 atom stereocenters. The average Bonchev–Trinajstić information content (AvgIpc) is 2.60. The van der Waals surface area contributed by atoms with Crippen LogP contribution in [0.5, 0.6) is 0 Å². The largest absolute Gasteiger partial charge is 0.477 e. The molecule has 16 heavy (non-hydrogen) atoms. The van der Waals surface area contributed by atoms with Crippen LogP contribution in [0, 0.1) is 6.92 Å². The molecule has 0 saturated carbocycles. The van der Waals surface area contributed by atoms with Crippen molar-refractivity contribution in [2.24, 2.45) is 0 Å². The van der Waals surface area contributed by atoms with E-state index in [2.05, 4.69) is 0 Å². The van der Waals surface area contributed by atoms with Crippen LogP contribution in [0.15, 0.2) is 29.6 Å². The minimum Gasteiger partial charge on any atom is -0.477 e. The molecule has 1 aromatic heterocycles. The van der Waals surface area contributed by atoms with Crippen LogP contribution in [0.2, 0.25) is 0 Å². The SMILES string of the molecule is Cc1cccc(-c2csc(C(=O)O)c2N)c1. The lowest BCUT2D eigenvalue weighted by Gasteiger charge is -2.02. The van der Waals surface area contributed by atoms with E-state index in [1.54, 1.807) is 5.38 Å². The first kappa shape index (κ1) is 10.7. The monoisotopic (exact) mass is 233 g/mol. The number of thiophene rings is 1. The zero-order valence-corrected chi connectivity index (χ0v) is 9.54. The van der Waals surface area contributed by atoms with Gasteiger partial charge in [-0.25, -0.2) is 4.79 Å². The quantitative estimate of drug-likeness (QED) is 0.838. The summed E-state index contributed by atoms with van der Waals surface area (Å²) in [5.74, 6) is -0.971. The third kappa shape index (κ3) is 1.79. The third-order valence-electron chi connectivity index (χ3n) is 2.35. The molecule has 0 amide bonds. The van der Waals surface area contributed by atoms with E-state index in [1.807, 2.05) is 31.2 Å². The summed E-state index contributed by atoms with van der Waals surface area (Å²) in [4.78, 5) is 11.1. The lowest BCUT2D eigenvalue weighted by atomic mass is 10.0. The van der Waals surface area contributed by atoms with Crippen molar-refractivity contribution in [3.05, 3.63) is 40.1 Å². The van der Waals surface area contributed by atoms with Crippen molar-refractivity contribution < 1.29 is 9.90 Å². The average molecular weight is 233 g/mol. The molecule has 2 rings (SSSR count). The van der Waals surface area contributed by atoms with Gasteiger partial charge >= 0.3 is 5.97 Å². The van der Waals surface area contributed by atoms with Gasteiger partial charge in [-0.15, -0.1) is 11.3 Å². The summed E-state index contributed by atoms with van der Waals surface area (Å²) in [5.41, 5.74) is 9.05. The molecule has 2 aromatic rings. The highest BCUT2D eigenvalue weighted by molar-refractivity contribution is 7.13.